The molecule has 0 aromatic carbocycles. The van der Waals surface area contributed by atoms with Crippen LogP contribution in [0.2, 0.25) is 0 Å². The molecule has 0 bridgehead atoms. The lowest BCUT2D eigenvalue weighted by Gasteiger charge is -2.55. The van der Waals surface area contributed by atoms with Gasteiger partial charge in [-0.05, 0) is 74.7 Å². The topological polar surface area (TPSA) is 43.4 Å². The van der Waals surface area contributed by atoms with Crippen molar-refractivity contribution < 1.29 is 14.3 Å². The van der Waals surface area contributed by atoms with E-state index in [0.717, 1.165) is 44.9 Å². The Bertz CT molecular complexity index is 684. The maximum atomic E-state index is 11.8. The Morgan fingerprint density at radius 1 is 1.20 bits per heavy atom. The van der Waals surface area contributed by atoms with Gasteiger partial charge in [0.1, 0.15) is 0 Å². The van der Waals surface area contributed by atoms with E-state index in [-0.39, 0.29) is 11.4 Å². The van der Waals surface area contributed by atoms with Gasteiger partial charge in [-0.1, -0.05) is 18.4 Å². The van der Waals surface area contributed by atoms with Crippen LogP contribution >= 0.6 is 0 Å². The molecule has 134 valence electrons. The van der Waals surface area contributed by atoms with Crippen molar-refractivity contribution in [2.24, 2.45) is 29.1 Å². The Morgan fingerprint density at radius 3 is 2.72 bits per heavy atom. The van der Waals surface area contributed by atoms with Gasteiger partial charge in [-0.3, -0.25) is 9.59 Å². The van der Waals surface area contributed by atoms with E-state index in [9.17, 15) is 9.59 Å². The van der Waals surface area contributed by atoms with E-state index in [0.29, 0.717) is 35.9 Å². The Balaban J connectivity index is 1.64. The fourth-order valence-electron chi connectivity index (χ4n) is 6.86. The van der Waals surface area contributed by atoms with Crippen LogP contribution in [0.5, 0.6) is 0 Å². The zero-order valence-corrected chi connectivity index (χ0v) is 15.3. The minimum absolute atomic E-state index is 0.111. The van der Waals surface area contributed by atoms with Crippen molar-refractivity contribution in [1.82, 2.24) is 0 Å². The standard InChI is InChI=1S/C22H28O3/c1-4-22(25-14(2)23)12-10-20-19-7-5-15-13-16(24)6-8-17(15)18(19)9-11-21(20,22)3/h1,13,17-20H,5-12H2,2-3H3/t17-,18+,19+,20-,21-,22-/m1/s1. The van der Waals surface area contributed by atoms with Crippen LogP contribution in [0.1, 0.15) is 65.2 Å². The minimum atomic E-state index is -0.729. The van der Waals surface area contributed by atoms with Crippen molar-refractivity contribution in [2.45, 2.75) is 70.8 Å². The van der Waals surface area contributed by atoms with Crippen molar-refractivity contribution in [2.75, 3.05) is 0 Å². The van der Waals surface area contributed by atoms with Crippen molar-refractivity contribution in [3.63, 3.8) is 0 Å². The van der Waals surface area contributed by atoms with E-state index in [2.05, 4.69) is 12.8 Å². The van der Waals surface area contributed by atoms with E-state index in [1.807, 2.05) is 6.08 Å². The molecule has 0 heterocycles. The molecule has 4 aliphatic carbocycles. The highest BCUT2D eigenvalue weighted by molar-refractivity contribution is 5.91. The van der Waals surface area contributed by atoms with Crippen LogP contribution in [0, 0.1) is 41.4 Å². The summed E-state index contributed by atoms with van der Waals surface area (Å²) in [4.78, 5) is 23.5. The number of rotatable bonds is 1. The molecule has 25 heavy (non-hydrogen) atoms. The molecule has 0 spiro atoms. The molecule has 0 N–H and O–H groups in total. The molecule has 3 heteroatoms. The number of ketones is 1. The molecule has 0 aromatic rings. The number of hydrogen-bond acceptors (Lipinski definition) is 3. The minimum Gasteiger partial charge on any atom is -0.445 e. The summed E-state index contributed by atoms with van der Waals surface area (Å²) in [6, 6.07) is 0. The highest BCUT2D eigenvalue weighted by Crippen LogP contribution is 2.65. The van der Waals surface area contributed by atoms with Crippen molar-refractivity contribution in [3.05, 3.63) is 11.6 Å². The lowest BCUT2D eigenvalue weighted by Crippen LogP contribution is -2.53. The van der Waals surface area contributed by atoms with Gasteiger partial charge in [-0.25, -0.2) is 0 Å². The summed E-state index contributed by atoms with van der Waals surface area (Å²) >= 11 is 0. The number of terminal acetylenes is 1. The number of hydrogen-bond donors (Lipinski definition) is 0. The Morgan fingerprint density at radius 2 is 2.00 bits per heavy atom. The fraction of sp³-hybridized carbons (Fsp3) is 0.727. The van der Waals surface area contributed by atoms with Crippen LogP contribution < -0.4 is 0 Å². The van der Waals surface area contributed by atoms with Crippen LogP contribution in [-0.4, -0.2) is 17.4 Å². The molecule has 0 saturated heterocycles. The maximum absolute atomic E-state index is 11.8. The van der Waals surface area contributed by atoms with Gasteiger partial charge in [0.25, 0.3) is 0 Å². The van der Waals surface area contributed by atoms with E-state index in [1.54, 1.807) is 0 Å². The molecule has 3 saturated carbocycles. The molecular formula is C22H28O3. The van der Waals surface area contributed by atoms with Crippen LogP contribution in [0.4, 0.5) is 0 Å². The lowest BCUT2D eigenvalue weighted by molar-refractivity contribution is -0.167. The molecule has 0 aromatic heterocycles. The molecule has 0 unspecified atom stereocenters. The summed E-state index contributed by atoms with van der Waals surface area (Å²) < 4.78 is 5.79. The summed E-state index contributed by atoms with van der Waals surface area (Å²) in [5.74, 6) is 5.41. The summed E-state index contributed by atoms with van der Waals surface area (Å²) in [5, 5.41) is 0. The molecular weight excluding hydrogens is 312 g/mol. The first-order valence-corrected chi connectivity index (χ1v) is 9.81. The Labute approximate surface area is 150 Å². The average Bonchev–Trinajstić information content (AvgIpc) is 2.87. The predicted octanol–water partition coefficient (Wildman–Crippen LogP) is 4.06. The van der Waals surface area contributed by atoms with Crippen molar-refractivity contribution >= 4 is 11.8 Å². The van der Waals surface area contributed by atoms with Gasteiger partial charge < -0.3 is 4.74 Å². The third-order valence-electron chi connectivity index (χ3n) is 7.97. The summed E-state index contributed by atoms with van der Waals surface area (Å²) in [6.07, 6.45) is 15.8. The first-order valence-electron chi connectivity index (χ1n) is 9.81. The summed E-state index contributed by atoms with van der Waals surface area (Å²) in [7, 11) is 0. The number of allylic oxidation sites excluding steroid dienone is 1. The van der Waals surface area contributed by atoms with Crippen molar-refractivity contribution in [1.29, 1.82) is 0 Å². The highest BCUT2D eigenvalue weighted by atomic mass is 16.6. The number of fused-ring (bicyclic) bond motifs is 5. The van der Waals surface area contributed by atoms with Gasteiger partial charge >= 0.3 is 5.97 Å². The molecule has 3 nitrogen and oxygen atoms in total. The SMILES string of the molecule is C#C[C@@]1(OC(C)=O)CC[C@@H]2[C@H]3CCC4=CC(=O)CC[C@H]4[C@@H]3CC[C@]21C. The van der Waals surface area contributed by atoms with E-state index in [1.165, 1.54) is 12.5 Å². The number of esters is 1. The number of carbonyl (C=O) groups is 2. The van der Waals surface area contributed by atoms with Crippen LogP contribution in [0.25, 0.3) is 0 Å². The van der Waals surface area contributed by atoms with Crippen LogP contribution in [0.15, 0.2) is 11.6 Å². The largest absolute Gasteiger partial charge is 0.445 e. The quantitative estimate of drug-likeness (QED) is 0.534. The zero-order chi connectivity index (χ0) is 17.8. The highest BCUT2D eigenvalue weighted by Gasteiger charge is 2.64. The predicted molar refractivity (Wildman–Crippen MR) is 95.4 cm³/mol. The number of ether oxygens (including phenoxy) is 1. The van der Waals surface area contributed by atoms with Gasteiger partial charge in [-0.15, -0.1) is 6.42 Å². The average molecular weight is 340 g/mol. The second-order valence-electron chi connectivity index (χ2n) is 8.86. The Kier molecular flexibility index (Phi) is 3.87. The van der Waals surface area contributed by atoms with Crippen LogP contribution in [0.3, 0.4) is 0 Å². The summed E-state index contributed by atoms with van der Waals surface area (Å²) in [5.41, 5.74) is 0.565. The van der Waals surface area contributed by atoms with Gasteiger partial charge in [0.05, 0.1) is 0 Å². The molecule has 4 aliphatic rings. The van der Waals surface area contributed by atoms with Gasteiger partial charge in [0.2, 0.25) is 0 Å². The zero-order valence-electron chi connectivity index (χ0n) is 15.3. The summed E-state index contributed by atoms with van der Waals surface area (Å²) in [6.45, 7) is 3.73. The molecule has 0 amide bonds. The number of carbonyl (C=O) groups excluding carboxylic acids is 2. The molecule has 0 radical (unpaired) electrons. The van der Waals surface area contributed by atoms with Gasteiger partial charge in [-0.2, -0.15) is 0 Å². The smallest absolute Gasteiger partial charge is 0.304 e. The van der Waals surface area contributed by atoms with E-state index in [4.69, 9.17) is 11.2 Å². The van der Waals surface area contributed by atoms with Gasteiger partial charge in [0.15, 0.2) is 11.4 Å². The van der Waals surface area contributed by atoms with E-state index < -0.39 is 5.60 Å². The molecule has 0 aliphatic heterocycles. The first kappa shape index (κ1) is 16.9. The third-order valence-corrected chi connectivity index (χ3v) is 7.97. The van der Waals surface area contributed by atoms with Gasteiger partial charge in [0, 0.05) is 18.8 Å². The second-order valence-corrected chi connectivity index (χ2v) is 8.86. The third kappa shape index (κ3) is 2.33. The van der Waals surface area contributed by atoms with Crippen LogP contribution in [-0.2, 0) is 14.3 Å². The Hall–Kier alpha value is -1.56. The normalized spacial score (nSPS) is 45.5. The van der Waals surface area contributed by atoms with E-state index >= 15 is 0 Å². The lowest BCUT2D eigenvalue weighted by atomic mass is 9.50. The molecule has 6 atom stereocenters. The molecule has 4 rings (SSSR count). The first-order chi connectivity index (χ1) is 11.9. The maximum Gasteiger partial charge on any atom is 0.304 e. The second kappa shape index (κ2) is 5.73. The monoisotopic (exact) mass is 340 g/mol. The van der Waals surface area contributed by atoms with Crippen molar-refractivity contribution in [3.8, 4) is 12.3 Å². The fourth-order valence-corrected chi connectivity index (χ4v) is 6.86. The molecule has 3 fully saturated rings.